The average Bonchev–Trinajstić information content (AvgIpc) is 3.29. The number of rotatable bonds is 4. The van der Waals surface area contributed by atoms with Crippen LogP contribution in [0.1, 0.15) is 52.1 Å². The van der Waals surface area contributed by atoms with Crippen molar-refractivity contribution in [2.75, 3.05) is 5.32 Å². The van der Waals surface area contributed by atoms with E-state index >= 15 is 0 Å². The first kappa shape index (κ1) is 18.6. The molecule has 2 heterocycles. The van der Waals surface area contributed by atoms with Gasteiger partial charge in [-0.15, -0.1) is 11.3 Å². The van der Waals surface area contributed by atoms with Gasteiger partial charge in [-0.1, -0.05) is 18.9 Å². The Kier molecular flexibility index (Phi) is 5.15. The lowest BCUT2D eigenvalue weighted by molar-refractivity contribution is 0.0717. The van der Waals surface area contributed by atoms with E-state index in [2.05, 4.69) is 15.6 Å². The van der Waals surface area contributed by atoms with Gasteiger partial charge >= 0.3 is 0 Å². The molecular formula is C20H22N4O3S. The Morgan fingerprint density at radius 3 is 2.89 bits per heavy atom. The fourth-order valence-corrected chi connectivity index (χ4v) is 4.20. The van der Waals surface area contributed by atoms with Gasteiger partial charge in [0.25, 0.3) is 11.8 Å². The summed E-state index contributed by atoms with van der Waals surface area (Å²) in [7, 11) is 0. The summed E-state index contributed by atoms with van der Waals surface area (Å²) in [5.74, 6) is -0.528. The quantitative estimate of drug-likeness (QED) is 0.630. The highest BCUT2D eigenvalue weighted by atomic mass is 32.1. The fourth-order valence-electron chi connectivity index (χ4n) is 3.51. The number of anilines is 1. The number of amides is 2. The van der Waals surface area contributed by atoms with Gasteiger partial charge in [0, 0.05) is 22.8 Å². The molecule has 2 amide bonds. The molecule has 0 aliphatic heterocycles. The van der Waals surface area contributed by atoms with Crippen LogP contribution in [0.3, 0.4) is 0 Å². The summed E-state index contributed by atoms with van der Waals surface area (Å²) in [6, 6.07) is 4.98. The van der Waals surface area contributed by atoms with Crippen molar-refractivity contribution in [1.82, 2.24) is 14.7 Å². The van der Waals surface area contributed by atoms with Crippen molar-refractivity contribution in [2.45, 2.75) is 44.8 Å². The first-order valence-corrected chi connectivity index (χ1v) is 10.2. The number of nitrogens with zero attached hydrogens (tertiary/aromatic N) is 2. The van der Waals surface area contributed by atoms with Crippen LogP contribution < -0.4 is 10.6 Å². The summed E-state index contributed by atoms with van der Waals surface area (Å²) in [5, 5.41) is 17.7. The first-order chi connectivity index (χ1) is 13.5. The SMILES string of the molecule is Cc1ccc(C(=O)N[C@H]2CCCC[C@@H]2O)cc1NC(=O)c1cnc2sccn12. The van der Waals surface area contributed by atoms with Crippen molar-refractivity contribution in [1.29, 1.82) is 0 Å². The van der Waals surface area contributed by atoms with Crippen LogP contribution >= 0.6 is 11.3 Å². The monoisotopic (exact) mass is 398 g/mol. The summed E-state index contributed by atoms with van der Waals surface area (Å²) in [4.78, 5) is 30.3. The van der Waals surface area contributed by atoms with Crippen LogP contribution in [0.25, 0.3) is 4.96 Å². The molecule has 28 heavy (non-hydrogen) atoms. The number of aliphatic hydroxyl groups excluding tert-OH is 1. The van der Waals surface area contributed by atoms with Gasteiger partial charge in [-0.3, -0.25) is 14.0 Å². The zero-order valence-corrected chi connectivity index (χ0v) is 16.3. The summed E-state index contributed by atoms with van der Waals surface area (Å²) >= 11 is 1.46. The molecule has 146 valence electrons. The predicted octanol–water partition coefficient (Wildman–Crippen LogP) is 2.99. The number of hydrogen-bond acceptors (Lipinski definition) is 5. The lowest BCUT2D eigenvalue weighted by Gasteiger charge is -2.28. The smallest absolute Gasteiger partial charge is 0.274 e. The van der Waals surface area contributed by atoms with Crippen LogP contribution in [0, 0.1) is 6.92 Å². The van der Waals surface area contributed by atoms with E-state index < -0.39 is 6.10 Å². The minimum atomic E-state index is -0.503. The van der Waals surface area contributed by atoms with E-state index in [-0.39, 0.29) is 17.9 Å². The van der Waals surface area contributed by atoms with Crippen molar-refractivity contribution >= 4 is 33.8 Å². The molecule has 1 fully saturated rings. The van der Waals surface area contributed by atoms with Crippen molar-refractivity contribution < 1.29 is 14.7 Å². The highest BCUT2D eigenvalue weighted by Crippen LogP contribution is 2.21. The van der Waals surface area contributed by atoms with E-state index in [1.165, 1.54) is 17.5 Å². The van der Waals surface area contributed by atoms with Crippen molar-refractivity contribution in [3.05, 3.63) is 52.8 Å². The lowest BCUT2D eigenvalue weighted by atomic mass is 9.92. The number of nitrogens with one attached hydrogen (secondary N) is 2. The van der Waals surface area contributed by atoms with Crippen LogP contribution in [0.5, 0.6) is 0 Å². The summed E-state index contributed by atoms with van der Waals surface area (Å²) in [6.45, 7) is 1.87. The lowest BCUT2D eigenvalue weighted by Crippen LogP contribution is -2.45. The van der Waals surface area contributed by atoms with Gasteiger partial charge in [-0.25, -0.2) is 4.98 Å². The minimum Gasteiger partial charge on any atom is -0.391 e. The highest BCUT2D eigenvalue weighted by molar-refractivity contribution is 7.15. The second-order valence-corrected chi connectivity index (χ2v) is 7.99. The molecule has 1 saturated carbocycles. The van der Waals surface area contributed by atoms with Gasteiger partial charge in [-0.2, -0.15) is 0 Å². The van der Waals surface area contributed by atoms with Crippen LogP contribution in [-0.2, 0) is 0 Å². The van der Waals surface area contributed by atoms with Crippen molar-refractivity contribution in [3.63, 3.8) is 0 Å². The third-order valence-corrected chi connectivity index (χ3v) is 5.94. The maximum Gasteiger partial charge on any atom is 0.274 e. The third-order valence-electron chi connectivity index (χ3n) is 5.17. The molecule has 1 aromatic carbocycles. The third kappa shape index (κ3) is 3.65. The Hall–Kier alpha value is -2.71. The molecule has 7 nitrogen and oxygen atoms in total. The molecule has 0 saturated heterocycles. The summed E-state index contributed by atoms with van der Waals surface area (Å²) in [6.07, 6.45) is 6.31. The highest BCUT2D eigenvalue weighted by Gasteiger charge is 2.25. The van der Waals surface area contributed by atoms with Gasteiger partial charge < -0.3 is 15.7 Å². The number of thiazole rings is 1. The Balaban J connectivity index is 1.51. The maximum absolute atomic E-state index is 12.7. The Morgan fingerprint density at radius 2 is 2.07 bits per heavy atom. The molecule has 4 rings (SSSR count). The number of aromatic nitrogens is 2. The van der Waals surface area contributed by atoms with E-state index in [1.807, 2.05) is 12.3 Å². The van der Waals surface area contributed by atoms with Crippen molar-refractivity contribution in [2.24, 2.45) is 0 Å². The zero-order chi connectivity index (χ0) is 19.7. The summed E-state index contributed by atoms with van der Waals surface area (Å²) in [5.41, 5.74) is 2.32. The molecule has 8 heteroatoms. The van der Waals surface area contributed by atoms with Crippen molar-refractivity contribution in [3.8, 4) is 0 Å². The van der Waals surface area contributed by atoms with Crippen LogP contribution in [0.2, 0.25) is 0 Å². The number of carbonyl (C=O) groups is 2. The topological polar surface area (TPSA) is 95.7 Å². The van der Waals surface area contributed by atoms with E-state index in [0.717, 1.165) is 29.8 Å². The van der Waals surface area contributed by atoms with Gasteiger partial charge in [0.2, 0.25) is 0 Å². The molecule has 2 aromatic heterocycles. The fraction of sp³-hybridized carbons (Fsp3) is 0.350. The molecule has 0 unspecified atom stereocenters. The van der Waals surface area contributed by atoms with Gasteiger partial charge in [-0.05, 0) is 37.5 Å². The first-order valence-electron chi connectivity index (χ1n) is 9.34. The number of aryl methyl sites for hydroxylation is 1. The maximum atomic E-state index is 12.7. The molecule has 0 spiro atoms. The second-order valence-electron chi connectivity index (χ2n) is 7.11. The van der Waals surface area contributed by atoms with Gasteiger partial charge in [0.15, 0.2) is 4.96 Å². The van der Waals surface area contributed by atoms with Crippen LogP contribution in [-0.4, -0.2) is 38.5 Å². The minimum absolute atomic E-state index is 0.223. The number of carbonyl (C=O) groups excluding carboxylic acids is 2. The Labute approximate surface area is 166 Å². The number of fused-ring (bicyclic) bond motifs is 1. The number of imidazole rings is 1. The van der Waals surface area contributed by atoms with Crippen LogP contribution in [0.4, 0.5) is 5.69 Å². The van der Waals surface area contributed by atoms with Crippen LogP contribution in [0.15, 0.2) is 36.0 Å². The largest absolute Gasteiger partial charge is 0.391 e. The number of aliphatic hydroxyl groups is 1. The van der Waals surface area contributed by atoms with E-state index in [1.54, 1.807) is 28.8 Å². The van der Waals surface area contributed by atoms with Gasteiger partial charge in [0.05, 0.1) is 18.3 Å². The molecule has 1 aliphatic carbocycles. The Bertz CT molecular complexity index is 1030. The molecule has 2 atom stereocenters. The average molecular weight is 398 g/mol. The zero-order valence-electron chi connectivity index (χ0n) is 15.5. The normalized spacial score (nSPS) is 19.5. The van der Waals surface area contributed by atoms with E-state index in [9.17, 15) is 14.7 Å². The Morgan fingerprint density at radius 1 is 1.25 bits per heavy atom. The summed E-state index contributed by atoms with van der Waals surface area (Å²) < 4.78 is 1.73. The number of hydrogen-bond donors (Lipinski definition) is 3. The molecule has 1 aliphatic rings. The molecule has 3 aromatic rings. The second kappa shape index (κ2) is 7.73. The van der Waals surface area contributed by atoms with E-state index in [0.29, 0.717) is 23.4 Å². The van der Waals surface area contributed by atoms with E-state index in [4.69, 9.17) is 0 Å². The van der Waals surface area contributed by atoms with Gasteiger partial charge in [0.1, 0.15) is 5.69 Å². The molecule has 3 N–H and O–H groups in total. The number of benzene rings is 1. The molecule has 0 bridgehead atoms. The standard InChI is InChI=1S/C20H22N4O3S/c1-12-6-7-13(18(26)22-14-4-2-3-5-17(14)25)10-15(12)23-19(27)16-11-21-20-24(16)8-9-28-20/h6-11,14,17,25H,2-5H2,1H3,(H,22,26)(H,23,27)/t14-,17-/m0/s1. The molecular weight excluding hydrogens is 376 g/mol. The predicted molar refractivity (Wildman–Crippen MR) is 108 cm³/mol. The molecule has 0 radical (unpaired) electrons.